The monoisotopic (exact) mass is 174 g/mol. The SMILES string of the molecule is CC(CC(=O)O)NCCN(C)C. The van der Waals surface area contributed by atoms with Crippen LogP contribution in [0.5, 0.6) is 0 Å². The fraction of sp³-hybridized carbons (Fsp3) is 0.875. The van der Waals surface area contributed by atoms with Crippen molar-refractivity contribution in [2.24, 2.45) is 0 Å². The number of carbonyl (C=O) groups is 1. The minimum atomic E-state index is -0.750. The van der Waals surface area contributed by atoms with Gasteiger partial charge in [-0.05, 0) is 21.0 Å². The number of carboxylic acid groups (broad SMARTS) is 1. The van der Waals surface area contributed by atoms with E-state index in [-0.39, 0.29) is 12.5 Å². The van der Waals surface area contributed by atoms with Gasteiger partial charge in [-0.1, -0.05) is 0 Å². The van der Waals surface area contributed by atoms with Gasteiger partial charge in [-0.2, -0.15) is 0 Å². The van der Waals surface area contributed by atoms with E-state index >= 15 is 0 Å². The molecule has 0 aliphatic heterocycles. The molecule has 0 aliphatic carbocycles. The van der Waals surface area contributed by atoms with Crippen LogP contribution in [0.2, 0.25) is 0 Å². The van der Waals surface area contributed by atoms with Gasteiger partial charge in [-0.25, -0.2) is 0 Å². The van der Waals surface area contributed by atoms with E-state index in [1.807, 2.05) is 21.0 Å². The van der Waals surface area contributed by atoms with Crippen molar-refractivity contribution < 1.29 is 9.90 Å². The van der Waals surface area contributed by atoms with Crippen molar-refractivity contribution in [2.75, 3.05) is 27.2 Å². The van der Waals surface area contributed by atoms with Crippen LogP contribution < -0.4 is 5.32 Å². The van der Waals surface area contributed by atoms with Crippen molar-refractivity contribution >= 4 is 5.97 Å². The quantitative estimate of drug-likeness (QED) is 0.595. The maximum Gasteiger partial charge on any atom is 0.304 e. The molecule has 0 spiro atoms. The Morgan fingerprint density at radius 3 is 2.58 bits per heavy atom. The third-order valence-corrected chi connectivity index (χ3v) is 1.53. The summed E-state index contributed by atoms with van der Waals surface area (Å²) in [6.07, 6.45) is 0.188. The molecule has 4 nitrogen and oxygen atoms in total. The van der Waals surface area contributed by atoms with Gasteiger partial charge in [0.2, 0.25) is 0 Å². The number of nitrogens with one attached hydrogen (secondary N) is 1. The standard InChI is InChI=1S/C8H18N2O2/c1-7(6-8(11)12)9-4-5-10(2)3/h7,9H,4-6H2,1-3H3,(H,11,12). The molecule has 0 saturated heterocycles. The minimum absolute atomic E-state index is 0.0578. The molecule has 0 fully saturated rings. The molecule has 0 amide bonds. The maximum absolute atomic E-state index is 10.3. The molecule has 4 heteroatoms. The molecule has 0 rings (SSSR count). The van der Waals surface area contributed by atoms with Gasteiger partial charge < -0.3 is 15.3 Å². The highest BCUT2D eigenvalue weighted by Crippen LogP contribution is 1.88. The normalized spacial score (nSPS) is 13.3. The number of rotatable bonds is 6. The van der Waals surface area contributed by atoms with Gasteiger partial charge in [-0.15, -0.1) is 0 Å². The third kappa shape index (κ3) is 7.50. The largest absolute Gasteiger partial charge is 0.481 e. The van der Waals surface area contributed by atoms with Crippen molar-refractivity contribution in [3.05, 3.63) is 0 Å². The summed E-state index contributed by atoms with van der Waals surface area (Å²) in [5.41, 5.74) is 0. The second-order valence-electron chi connectivity index (χ2n) is 3.26. The number of aliphatic carboxylic acids is 1. The van der Waals surface area contributed by atoms with Crippen LogP contribution in [0.25, 0.3) is 0 Å². The van der Waals surface area contributed by atoms with Gasteiger partial charge in [0.05, 0.1) is 6.42 Å². The summed E-state index contributed by atoms with van der Waals surface area (Å²) < 4.78 is 0. The van der Waals surface area contributed by atoms with Gasteiger partial charge >= 0.3 is 5.97 Å². The summed E-state index contributed by atoms with van der Waals surface area (Å²) in [4.78, 5) is 12.3. The highest BCUT2D eigenvalue weighted by Gasteiger charge is 2.05. The summed E-state index contributed by atoms with van der Waals surface area (Å²) >= 11 is 0. The van der Waals surface area contributed by atoms with E-state index in [0.29, 0.717) is 0 Å². The molecule has 0 heterocycles. The molecule has 1 atom stereocenters. The van der Waals surface area contributed by atoms with Crippen LogP contribution in [0.15, 0.2) is 0 Å². The molecule has 12 heavy (non-hydrogen) atoms. The highest BCUT2D eigenvalue weighted by atomic mass is 16.4. The Bertz CT molecular complexity index is 137. The average Bonchev–Trinajstić information content (AvgIpc) is 1.84. The summed E-state index contributed by atoms with van der Waals surface area (Å²) in [7, 11) is 3.98. The summed E-state index contributed by atoms with van der Waals surface area (Å²) in [5, 5.41) is 11.6. The summed E-state index contributed by atoms with van der Waals surface area (Å²) in [6.45, 7) is 3.65. The highest BCUT2D eigenvalue weighted by molar-refractivity contribution is 5.67. The zero-order valence-electron chi connectivity index (χ0n) is 8.00. The van der Waals surface area contributed by atoms with Gasteiger partial charge in [0, 0.05) is 19.1 Å². The van der Waals surface area contributed by atoms with Crippen LogP contribution in [0, 0.1) is 0 Å². The van der Waals surface area contributed by atoms with Crippen molar-refractivity contribution in [3.63, 3.8) is 0 Å². The first kappa shape index (κ1) is 11.4. The Labute approximate surface area is 73.6 Å². The lowest BCUT2D eigenvalue weighted by atomic mass is 10.2. The minimum Gasteiger partial charge on any atom is -0.481 e. The Kier molecular flexibility index (Phi) is 5.66. The molecular weight excluding hydrogens is 156 g/mol. The molecule has 0 bridgehead atoms. The Morgan fingerprint density at radius 2 is 2.17 bits per heavy atom. The number of hydrogen-bond acceptors (Lipinski definition) is 3. The number of likely N-dealkylation sites (N-methyl/N-ethyl adjacent to an activating group) is 1. The molecule has 0 aromatic carbocycles. The Hall–Kier alpha value is -0.610. The van der Waals surface area contributed by atoms with Crippen LogP contribution in [-0.2, 0) is 4.79 Å². The third-order valence-electron chi connectivity index (χ3n) is 1.53. The Morgan fingerprint density at radius 1 is 1.58 bits per heavy atom. The number of carboxylic acids is 1. The predicted molar refractivity (Wildman–Crippen MR) is 48.3 cm³/mol. The van der Waals surface area contributed by atoms with Crippen LogP contribution in [0.4, 0.5) is 0 Å². The van der Waals surface area contributed by atoms with Crippen LogP contribution in [-0.4, -0.2) is 49.2 Å². The van der Waals surface area contributed by atoms with Gasteiger partial charge in [0.15, 0.2) is 0 Å². The van der Waals surface area contributed by atoms with Crippen LogP contribution in [0.3, 0.4) is 0 Å². The molecule has 0 aliphatic rings. The zero-order valence-corrected chi connectivity index (χ0v) is 8.00. The second-order valence-corrected chi connectivity index (χ2v) is 3.26. The smallest absolute Gasteiger partial charge is 0.304 e. The van der Waals surface area contributed by atoms with E-state index < -0.39 is 5.97 Å². The molecule has 1 unspecified atom stereocenters. The summed E-state index contributed by atoms with van der Waals surface area (Å²) in [5.74, 6) is -0.750. The van der Waals surface area contributed by atoms with E-state index in [4.69, 9.17) is 5.11 Å². The lowest BCUT2D eigenvalue weighted by molar-refractivity contribution is -0.137. The first-order chi connectivity index (χ1) is 5.52. The predicted octanol–water partition coefficient (Wildman–Crippen LogP) is 0.000800. The molecule has 0 saturated carbocycles. The second kappa shape index (κ2) is 5.97. The average molecular weight is 174 g/mol. The lowest BCUT2D eigenvalue weighted by Gasteiger charge is -2.14. The molecule has 0 aromatic heterocycles. The molecule has 0 radical (unpaired) electrons. The first-order valence-corrected chi connectivity index (χ1v) is 4.12. The van der Waals surface area contributed by atoms with Gasteiger partial charge in [-0.3, -0.25) is 4.79 Å². The van der Waals surface area contributed by atoms with Crippen molar-refractivity contribution in [1.29, 1.82) is 0 Å². The number of hydrogen-bond donors (Lipinski definition) is 2. The lowest BCUT2D eigenvalue weighted by Crippen LogP contribution is -2.34. The number of nitrogens with zero attached hydrogens (tertiary/aromatic N) is 1. The van der Waals surface area contributed by atoms with E-state index in [1.54, 1.807) is 0 Å². The van der Waals surface area contributed by atoms with E-state index in [1.165, 1.54) is 0 Å². The van der Waals surface area contributed by atoms with Gasteiger partial charge in [0.1, 0.15) is 0 Å². The fourth-order valence-electron chi connectivity index (χ4n) is 0.869. The first-order valence-electron chi connectivity index (χ1n) is 4.12. The maximum atomic E-state index is 10.3. The van der Waals surface area contributed by atoms with Crippen molar-refractivity contribution in [3.8, 4) is 0 Å². The molecular formula is C8H18N2O2. The summed E-state index contributed by atoms with van der Waals surface area (Å²) in [6, 6.07) is 0.0578. The van der Waals surface area contributed by atoms with E-state index in [0.717, 1.165) is 13.1 Å². The van der Waals surface area contributed by atoms with Crippen LogP contribution in [0.1, 0.15) is 13.3 Å². The Balaban J connectivity index is 3.31. The van der Waals surface area contributed by atoms with Crippen LogP contribution >= 0.6 is 0 Å². The van der Waals surface area contributed by atoms with E-state index in [9.17, 15) is 4.79 Å². The zero-order chi connectivity index (χ0) is 9.56. The van der Waals surface area contributed by atoms with E-state index in [2.05, 4.69) is 10.2 Å². The topological polar surface area (TPSA) is 52.6 Å². The van der Waals surface area contributed by atoms with Crippen molar-refractivity contribution in [2.45, 2.75) is 19.4 Å². The fourth-order valence-corrected chi connectivity index (χ4v) is 0.869. The molecule has 0 aromatic rings. The molecule has 72 valence electrons. The molecule has 2 N–H and O–H groups in total. The van der Waals surface area contributed by atoms with Gasteiger partial charge in [0.25, 0.3) is 0 Å². The van der Waals surface area contributed by atoms with Crippen molar-refractivity contribution in [1.82, 2.24) is 10.2 Å².